The van der Waals surface area contributed by atoms with Gasteiger partial charge in [0.1, 0.15) is 9.84 Å². The zero-order valence-electron chi connectivity index (χ0n) is 11.1. The number of amides is 1. The summed E-state index contributed by atoms with van der Waals surface area (Å²) in [5.41, 5.74) is 2.77. The van der Waals surface area contributed by atoms with Gasteiger partial charge in [-0.2, -0.15) is 0 Å². The predicted octanol–water partition coefficient (Wildman–Crippen LogP) is 0.817. The lowest BCUT2D eigenvalue weighted by atomic mass is 10.1. The molecule has 1 unspecified atom stereocenters. The molecule has 19 heavy (non-hydrogen) atoms. The molecule has 0 radical (unpaired) electrons. The summed E-state index contributed by atoms with van der Waals surface area (Å²) >= 11 is 0. The van der Waals surface area contributed by atoms with E-state index in [1.807, 2.05) is 12.1 Å². The molecule has 1 amide bonds. The Labute approximate surface area is 113 Å². The zero-order chi connectivity index (χ0) is 14.0. The van der Waals surface area contributed by atoms with Crippen LogP contribution in [0.15, 0.2) is 18.2 Å². The zero-order valence-corrected chi connectivity index (χ0v) is 11.9. The molecule has 1 heterocycles. The van der Waals surface area contributed by atoms with Gasteiger partial charge in [0.25, 0.3) is 5.91 Å². The molecule has 1 aromatic carbocycles. The number of benzene rings is 1. The molecule has 104 valence electrons. The van der Waals surface area contributed by atoms with Gasteiger partial charge in [-0.3, -0.25) is 4.79 Å². The van der Waals surface area contributed by atoms with E-state index in [2.05, 4.69) is 10.6 Å². The Bertz CT molecular complexity index is 596. The molecule has 6 heteroatoms. The number of carbonyl (C=O) groups is 1. The lowest BCUT2D eigenvalue weighted by molar-refractivity contribution is 0.0943. The summed E-state index contributed by atoms with van der Waals surface area (Å²) in [6.45, 7) is 2.58. The van der Waals surface area contributed by atoms with Gasteiger partial charge in [-0.05, 0) is 37.1 Å². The van der Waals surface area contributed by atoms with E-state index in [1.165, 1.54) is 0 Å². The van der Waals surface area contributed by atoms with E-state index >= 15 is 0 Å². The predicted molar refractivity (Wildman–Crippen MR) is 75.3 cm³/mol. The first-order valence-electron chi connectivity index (χ1n) is 6.20. The van der Waals surface area contributed by atoms with Gasteiger partial charge in [-0.25, -0.2) is 8.42 Å². The maximum Gasteiger partial charge on any atom is 0.251 e. The lowest BCUT2D eigenvalue weighted by Gasteiger charge is -2.13. The summed E-state index contributed by atoms with van der Waals surface area (Å²) in [6.07, 6.45) is 2.08. The Morgan fingerprint density at radius 2 is 2.21 bits per heavy atom. The van der Waals surface area contributed by atoms with Gasteiger partial charge in [-0.15, -0.1) is 0 Å². The van der Waals surface area contributed by atoms with Crippen molar-refractivity contribution in [2.45, 2.75) is 19.4 Å². The van der Waals surface area contributed by atoms with Gasteiger partial charge >= 0.3 is 0 Å². The van der Waals surface area contributed by atoms with Crippen molar-refractivity contribution in [2.75, 3.05) is 23.9 Å². The van der Waals surface area contributed by atoms with E-state index in [1.54, 1.807) is 13.0 Å². The number of fused-ring (bicyclic) bond motifs is 1. The van der Waals surface area contributed by atoms with Crippen LogP contribution in [0.4, 0.5) is 5.69 Å². The number of carbonyl (C=O) groups excluding carboxylic acids is 1. The summed E-state index contributed by atoms with van der Waals surface area (Å²) in [7, 11) is -3.09. The second kappa shape index (κ2) is 5.21. The van der Waals surface area contributed by atoms with Gasteiger partial charge in [0.05, 0.1) is 5.75 Å². The summed E-state index contributed by atoms with van der Waals surface area (Å²) in [6, 6.07) is 5.10. The Morgan fingerprint density at radius 1 is 1.47 bits per heavy atom. The van der Waals surface area contributed by atoms with Crippen LogP contribution < -0.4 is 10.6 Å². The SMILES string of the molecule is CC(CS(C)(=O)=O)NC(=O)c1ccc2c(c1)CCN2. The van der Waals surface area contributed by atoms with Crippen molar-refractivity contribution in [3.8, 4) is 0 Å². The van der Waals surface area contributed by atoms with Crippen LogP contribution in [0.3, 0.4) is 0 Å². The number of hydrogen-bond donors (Lipinski definition) is 2. The Morgan fingerprint density at radius 3 is 2.89 bits per heavy atom. The van der Waals surface area contributed by atoms with Crippen LogP contribution in [0.5, 0.6) is 0 Å². The highest BCUT2D eigenvalue weighted by Gasteiger charge is 2.16. The van der Waals surface area contributed by atoms with Gasteiger partial charge in [-0.1, -0.05) is 0 Å². The number of rotatable bonds is 4. The largest absolute Gasteiger partial charge is 0.384 e. The highest BCUT2D eigenvalue weighted by molar-refractivity contribution is 7.90. The third kappa shape index (κ3) is 3.70. The molecule has 2 N–H and O–H groups in total. The maximum atomic E-state index is 12.0. The van der Waals surface area contributed by atoms with Gasteiger partial charge in [0.2, 0.25) is 0 Å². The highest BCUT2D eigenvalue weighted by atomic mass is 32.2. The minimum atomic E-state index is -3.09. The second-order valence-electron chi connectivity index (χ2n) is 5.02. The van der Waals surface area contributed by atoms with Crippen molar-refractivity contribution < 1.29 is 13.2 Å². The van der Waals surface area contributed by atoms with Crippen LogP contribution in [-0.2, 0) is 16.3 Å². The van der Waals surface area contributed by atoms with Crippen molar-refractivity contribution in [3.05, 3.63) is 29.3 Å². The van der Waals surface area contributed by atoms with Gasteiger partial charge in [0.15, 0.2) is 0 Å². The Hall–Kier alpha value is -1.56. The van der Waals surface area contributed by atoms with E-state index in [-0.39, 0.29) is 11.7 Å². The quantitative estimate of drug-likeness (QED) is 0.857. The maximum absolute atomic E-state index is 12.0. The van der Waals surface area contributed by atoms with Crippen molar-refractivity contribution >= 4 is 21.4 Å². The Kier molecular flexibility index (Phi) is 3.80. The summed E-state index contributed by atoms with van der Waals surface area (Å²) in [5, 5.41) is 5.93. The average molecular weight is 282 g/mol. The van der Waals surface area contributed by atoms with E-state index in [0.29, 0.717) is 5.56 Å². The van der Waals surface area contributed by atoms with Gasteiger partial charge in [0, 0.05) is 30.1 Å². The molecule has 0 saturated carbocycles. The molecule has 5 nitrogen and oxygen atoms in total. The first-order chi connectivity index (χ1) is 8.85. The molecule has 0 fully saturated rings. The molecule has 0 bridgehead atoms. The highest BCUT2D eigenvalue weighted by Crippen LogP contribution is 2.22. The van der Waals surface area contributed by atoms with Crippen LogP contribution in [0.25, 0.3) is 0 Å². The van der Waals surface area contributed by atoms with E-state index < -0.39 is 15.9 Å². The van der Waals surface area contributed by atoms with Crippen LogP contribution in [0.1, 0.15) is 22.8 Å². The average Bonchev–Trinajstić information content (AvgIpc) is 2.72. The fourth-order valence-corrected chi connectivity index (χ4v) is 3.24. The minimum Gasteiger partial charge on any atom is -0.384 e. The molecule has 0 aliphatic carbocycles. The number of nitrogens with one attached hydrogen (secondary N) is 2. The smallest absolute Gasteiger partial charge is 0.251 e. The number of hydrogen-bond acceptors (Lipinski definition) is 4. The molecule has 0 saturated heterocycles. The van der Waals surface area contributed by atoms with Crippen LogP contribution >= 0.6 is 0 Å². The Balaban J connectivity index is 2.04. The molecule has 1 atom stereocenters. The molecule has 1 aliphatic rings. The molecular weight excluding hydrogens is 264 g/mol. The van der Waals surface area contributed by atoms with Crippen LogP contribution in [-0.4, -0.2) is 38.9 Å². The summed E-state index contributed by atoms with van der Waals surface area (Å²) in [5.74, 6) is -0.281. The minimum absolute atomic E-state index is 0.0504. The third-order valence-electron chi connectivity index (χ3n) is 3.01. The van der Waals surface area contributed by atoms with Crippen molar-refractivity contribution in [3.63, 3.8) is 0 Å². The standard InChI is InChI=1S/C13H18N2O3S/c1-9(8-19(2,17)18)15-13(16)11-3-4-12-10(7-11)5-6-14-12/h3-4,7,9,14H,5-6,8H2,1-2H3,(H,15,16). The van der Waals surface area contributed by atoms with Crippen LogP contribution in [0.2, 0.25) is 0 Å². The number of sulfone groups is 1. The molecule has 0 aromatic heterocycles. The third-order valence-corrected chi connectivity index (χ3v) is 4.11. The summed E-state index contributed by atoms with van der Waals surface area (Å²) < 4.78 is 22.3. The van der Waals surface area contributed by atoms with E-state index in [0.717, 1.165) is 30.5 Å². The first-order valence-corrected chi connectivity index (χ1v) is 8.26. The molecule has 0 spiro atoms. The second-order valence-corrected chi connectivity index (χ2v) is 7.20. The van der Waals surface area contributed by atoms with Crippen molar-refractivity contribution in [1.29, 1.82) is 0 Å². The fourth-order valence-electron chi connectivity index (χ4n) is 2.25. The van der Waals surface area contributed by atoms with Gasteiger partial charge < -0.3 is 10.6 Å². The fraction of sp³-hybridized carbons (Fsp3) is 0.462. The number of anilines is 1. The summed E-state index contributed by atoms with van der Waals surface area (Å²) in [4.78, 5) is 12.0. The van der Waals surface area contributed by atoms with E-state index in [9.17, 15) is 13.2 Å². The van der Waals surface area contributed by atoms with Crippen molar-refractivity contribution in [2.24, 2.45) is 0 Å². The molecule has 1 aliphatic heterocycles. The van der Waals surface area contributed by atoms with Crippen molar-refractivity contribution in [1.82, 2.24) is 5.32 Å². The van der Waals surface area contributed by atoms with E-state index in [4.69, 9.17) is 0 Å². The normalized spacial score (nSPS) is 15.5. The molecular formula is C13H18N2O3S. The monoisotopic (exact) mass is 282 g/mol. The molecule has 1 aromatic rings. The molecule has 2 rings (SSSR count). The van der Waals surface area contributed by atoms with Crippen LogP contribution in [0, 0.1) is 0 Å². The lowest BCUT2D eigenvalue weighted by Crippen LogP contribution is -2.37. The topological polar surface area (TPSA) is 75.3 Å². The first kappa shape index (κ1) is 13.9.